The Balaban J connectivity index is 1.85. The molecule has 0 amide bonds. The second-order valence-electron chi connectivity index (χ2n) is 6.74. The maximum atomic E-state index is 14.5. The molecule has 26 heavy (non-hydrogen) atoms. The maximum Gasteiger partial charge on any atom is 0.165 e. The Hall–Kier alpha value is -1.85. The van der Waals surface area contributed by atoms with Crippen LogP contribution in [0.2, 0.25) is 5.02 Å². The fraction of sp³-hybridized carbons (Fsp3) is 0.400. The zero-order chi connectivity index (χ0) is 18.3. The SMILES string of the molecule is CCCOc1cc(-c2c(F)cc(Cl)cc2F)cc2c1OC1CCNCC21. The molecule has 0 aliphatic carbocycles. The third-order valence-corrected chi connectivity index (χ3v) is 5.15. The maximum absolute atomic E-state index is 14.5. The topological polar surface area (TPSA) is 30.5 Å². The number of fused-ring (bicyclic) bond motifs is 3. The van der Waals surface area contributed by atoms with Crippen LogP contribution in [0.1, 0.15) is 31.2 Å². The first-order valence-corrected chi connectivity index (χ1v) is 9.29. The van der Waals surface area contributed by atoms with E-state index in [0.717, 1.165) is 43.6 Å². The molecule has 1 fully saturated rings. The molecule has 1 saturated heterocycles. The molecule has 2 heterocycles. The van der Waals surface area contributed by atoms with Gasteiger partial charge in [0.15, 0.2) is 11.5 Å². The summed E-state index contributed by atoms with van der Waals surface area (Å²) < 4.78 is 40.9. The molecule has 0 saturated carbocycles. The minimum absolute atomic E-state index is 0.0345. The first-order chi connectivity index (χ1) is 12.6. The summed E-state index contributed by atoms with van der Waals surface area (Å²) in [4.78, 5) is 0. The van der Waals surface area contributed by atoms with E-state index in [-0.39, 0.29) is 22.6 Å². The average Bonchev–Trinajstić information content (AvgIpc) is 2.98. The lowest BCUT2D eigenvalue weighted by Gasteiger charge is -2.24. The first kappa shape index (κ1) is 17.6. The van der Waals surface area contributed by atoms with Gasteiger partial charge in [-0.2, -0.15) is 0 Å². The number of hydrogen-bond acceptors (Lipinski definition) is 3. The first-order valence-electron chi connectivity index (χ1n) is 8.91. The van der Waals surface area contributed by atoms with E-state index in [9.17, 15) is 8.78 Å². The lowest BCUT2D eigenvalue weighted by Crippen LogP contribution is -2.37. The van der Waals surface area contributed by atoms with Crippen LogP contribution >= 0.6 is 11.6 Å². The van der Waals surface area contributed by atoms with Gasteiger partial charge in [-0.25, -0.2) is 8.78 Å². The molecule has 2 atom stereocenters. The molecule has 2 aromatic rings. The van der Waals surface area contributed by atoms with Crippen molar-refractivity contribution in [3.8, 4) is 22.6 Å². The molecule has 3 nitrogen and oxygen atoms in total. The average molecular weight is 380 g/mol. The third-order valence-electron chi connectivity index (χ3n) is 4.93. The molecule has 2 aromatic carbocycles. The number of hydrogen-bond donors (Lipinski definition) is 1. The van der Waals surface area contributed by atoms with E-state index < -0.39 is 11.6 Å². The highest BCUT2D eigenvalue weighted by Crippen LogP contribution is 2.48. The van der Waals surface area contributed by atoms with E-state index in [1.807, 2.05) is 13.0 Å². The van der Waals surface area contributed by atoms with Crippen molar-refractivity contribution in [1.29, 1.82) is 0 Å². The third kappa shape index (κ3) is 3.03. The highest BCUT2D eigenvalue weighted by Gasteiger charge is 2.38. The van der Waals surface area contributed by atoms with Crippen LogP contribution in [-0.4, -0.2) is 25.8 Å². The molecule has 0 radical (unpaired) electrons. The van der Waals surface area contributed by atoms with Crippen LogP contribution in [0.5, 0.6) is 11.5 Å². The van der Waals surface area contributed by atoms with E-state index in [1.165, 1.54) is 0 Å². The Bertz CT molecular complexity index is 820. The van der Waals surface area contributed by atoms with Gasteiger partial charge < -0.3 is 14.8 Å². The fourth-order valence-corrected chi connectivity index (χ4v) is 3.94. The predicted octanol–water partition coefficient (Wildman–Crippen LogP) is 4.91. The van der Waals surface area contributed by atoms with Gasteiger partial charge >= 0.3 is 0 Å². The molecule has 0 aromatic heterocycles. The highest BCUT2D eigenvalue weighted by atomic mass is 35.5. The van der Waals surface area contributed by atoms with Crippen molar-refractivity contribution in [2.45, 2.75) is 31.8 Å². The van der Waals surface area contributed by atoms with Gasteiger partial charge in [-0.05, 0) is 49.2 Å². The van der Waals surface area contributed by atoms with Crippen molar-refractivity contribution in [1.82, 2.24) is 5.32 Å². The molecular weight excluding hydrogens is 360 g/mol. The van der Waals surface area contributed by atoms with Gasteiger partial charge in [0.25, 0.3) is 0 Å². The molecule has 1 N–H and O–H groups in total. The van der Waals surface area contributed by atoms with Crippen LogP contribution in [0.4, 0.5) is 8.78 Å². The number of nitrogens with one attached hydrogen (secondary N) is 1. The van der Waals surface area contributed by atoms with Crippen molar-refractivity contribution in [3.63, 3.8) is 0 Å². The summed E-state index contributed by atoms with van der Waals surface area (Å²) in [6, 6.07) is 5.73. The summed E-state index contributed by atoms with van der Waals surface area (Å²) in [5.74, 6) is 0.0292. The van der Waals surface area contributed by atoms with Gasteiger partial charge in [-0.1, -0.05) is 18.5 Å². The van der Waals surface area contributed by atoms with Gasteiger partial charge in [0.05, 0.1) is 12.2 Å². The van der Waals surface area contributed by atoms with Crippen LogP contribution in [0.25, 0.3) is 11.1 Å². The molecule has 138 valence electrons. The van der Waals surface area contributed by atoms with E-state index >= 15 is 0 Å². The number of benzene rings is 2. The Morgan fingerprint density at radius 2 is 2.00 bits per heavy atom. The standard InChI is InChI=1S/C20H20ClF2NO2/c1-2-5-25-18-7-11(19-15(22)8-12(21)9-16(19)23)6-13-14-10-24-4-3-17(14)26-20(13)18/h6-9,14,17,24H,2-5,10H2,1H3. The second kappa shape index (κ2) is 7.05. The lowest BCUT2D eigenvalue weighted by molar-refractivity contribution is 0.165. The molecule has 0 spiro atoms. The van der Waals surface area contributed by atoms with E-state index in [0.29, 0.717) is 23.7 Å². The van der Waals surface area contributed by atoms with Crippen LogP contribution in [0, 0.1) is 11.6 Å². The zero-order valence-electron chi connectivity index (χ0n) is 14.5. The van der Waals surface area contributed by atoms with E-state index in [1.54, 1.807) is 6.07 Å². The number of ether oxygens (including phenoxy) is 2. The second-order valence-corrected chi connectivity index (χ2v) is 7.18. The highest BCUT2D eigenvalue weighted by molar-refractivity contribution is 6.30. The van der Waals surface area contributed by atoms with Crippen molar-refractivity contribution in [2.24, 2.45) is 0 Å². The number of halogens is 3. The minimum Gasteiger partial charge on any atom is -0.490 e. The van der Waals surface area contributed by atoms with Crippen molar-refractivity contribution in [2.75, 3.05) is 19.7 Å². The van der Waals surface area contributed by atoms with Gasteiger partial charge in [0, 0.05) is 23.0 Å². The Morgan fingerprint density at radius 3 is 2.73 bits per heavy atom. The van der Waals surface area contributed by atoms with Gasteiger partial charge in [0.1, 0.15) is 17.7 Å². The van der Waals surface area contributed by atoms with Crippen molar-refractivity contribution in [3.05, 3.63) is 46.5 Å². The van der Waals surface area contributed by atoms with Gasteiger partial charge in [0.2, 0.25) is 0 Å². The summed E-state index contributed by atoms with van der Waals surface area (Å²) in [5, 5.41) is 3.40. The molecule has 2 aliphatic rings. The Labute approximate surface area is 156 Å². The summed E-state index contributed by atoms with van der Waals surface area (Å²) in [5.41, 5.74) is 1.29. The normalized spacial score (nSPS) is 21.1. The smallest absolute Gasteiger partial charge is 0.165 e. The van der Waals surface area contributed by atoms with Crippen molar-refractivity contribution >= 4 is 11.6 Å². The summed E-state index contributed by atoms with van der Waals surface area (Å²) in [6.07, 6.45) is 1.80. The lowest BCUT2D eigenvalue weighted by atomic mass is 9.89. The zero-order valence-corrected chi connectivity index (χ0v) is 15.2. The number of rotatable bonds is 4. The van der Waals surface area contributed by atoms with Crippen LogP contribution in [0.15, 0.2) is 24.3 Å². The Morgan fingerprint density at radius 1 is 1.23 bits per heavy atom. The monoisotopic (exact) mass is 379 g/mol. The summed E-state index contributed by atoms with van der Waals surface area (Å²) >= 11 is 5.76. The van der Waals surface area contributed by atoms with Crippen LogP contribution in [0.3, 0.4) is 0 Å². The predicted molar refractivity (Wildman–Crippen MR) is 97.2 cm³/mol. The molecule has 2 unspecified atom stereocenters. The molecule has 0 bridgehead atoms. The van der Waals surface area contributed by atoms with Crippen LogP contribution in [-0.2, 0) is 0 Å². The molecule has 2 aliphatic heterocycles. The largest absolute Gasteiger partial charge is 0.490 e. The number of piperidine rings is 1. The van der Waals surface area contributed by atoms with Crippen molar-refractivity contribution < 1.29 is 18.3 Å². The van der Waals surface area contributed by atoms with E-state index in [4.69, 9.17) is 21.1 Å². The van der Waals surface area contributed by atoms with Gasteiger partial charge in [-0.3, -0.25) is 0 Å². The molecule has 6 heteroatoms. The summed E-state index contributed by atoms with van der Waals surface area (Å²) in [6.45, 7) is 4.19. The van der Waals surface area contributed by atoms with Gasteiger partial charge in [-0.15, -0.1) is 0 Å². The minimum atomic E-state index is -0.686. The molecular formula is C20H20ClF2NO2. The quantitative estimate of drug-likeness (QED) is 0.818. The van der Waals surface area contributed by atoms with Crippen LogP contribution < -0.4 is 14.8 Å². The molecule has 4 rings (SSSR count). The Kier molecular flexibility index (Phi) is 4.76. The fourth-order valence-electron chi connectivity index (χ4n) is 3.74. The van der Waals surface area contributed by atoms with E-state index in [2.05, 4.69) is 5.32 Å². The summed E-state index contributed by atoms with van der Waals surface area (Å²) in [7, 11) is 0.